The molecule has 172 valence electrons. The van der Waals surface area contributed by atoms with Crippen molar-refractivity contribution in [2.75, 3.05) is 4.90 Å². The van der Waals surface area contributed by atoms with Crippen molar-refractivity contribution in [3.63, 3.8) is 0 Å². The molecule has 3 aromatic carbocycles. The zero-order chi connectivity index (χ0) is 24.9. The maximum Gasteiger partial charge on any atom is 0.133 e. The monoisotopic (exact) mass is 499 g/mol. The molecule has 0 atom stereocenters. The molecule has 0 bridgehead atoms. The molecule has 5 rings (SSSR count). The number of para-hydroxylation sites is 2. The number of benzene rings is 3. The summed E-state index contributed by atoms with van der Waals surface area (Å²) < 4.78 is 0. The van der Waals surface area contributed by atoms with Gasteiger partial charge in [0.25, 0.3) is 0 Å². The smallest absolute Gasteiger partial charge is 0.133 e. The van der Waals surface area contributed by atoms with Crippen molar-refractivity contribution in [3.05, 3.63) is 120 Å². The lowest BCUT2D eigenvalue weighted by molar-refractivity contribution is 1.28. The summed E-state index contributed by atoms with van der Waals surface area (Å²) in [7, 11) is 0. The second-order valence-electron chi connectivity index (χ2n) is 8.10. The van der Waals surface area contributed by atoms with E-state index in [1.807, 2.05) is 37.3 Å². The molecule has 0 aliphatic rings. The third-order valence-electron chi connectivity index (χ3n) is 5.86. The van der Waals surface area contributed by atoms with E-state index in [4.69, 9.17) is 10.5 Å². The molecule has 2 aromatic heterocycles. The molecule has 0 aliphatic heterocycles. The number of hydrogen-bond acceptors (Lipinski definition) is 5. The Morgan fingerprint density at radius 1 is 0.583 bits per heavy atom. The van der Waals surface area contributed by atoms with E-state index in [1.54, 1.807) is 22.7 Å². The Morgan fingerprint density at radius 2 is 1.08 bits per heavy atom. The standard InChI is InChI=1S/C31H21N3S2/c1-22(24(20-32)21-33)28-16-18-30(35-28)31-19-17-29(36-31)23-12-14-27(15-13-23)34(25-8-4-2-5-9-25)26-10-6-3-7-11-26/h2-19H,1H3. The van der Waals surface area contributed by atoms with Crippen molar-refractivity contribution in [2.45, 2.75) is 6.92 Å². The summed E-state index contributed by atoms with van der Waals surface area (Å²) in [6.45, 7) is 1.83. The minimum atomic E-state index is 0.162. The average molecular weight is 500 g/mol. The Balaban J connectivity index is 1.43. The highest BCUT2D eigenvalue weighted by Gasteiger charge is 2.14. The van der Waals surface area contributed by atoms with E-state index in [2.05, 4.69) is 95.9 Å². The number of anilines is 3. The van der Waals surface area contributed by atoms with Crippen LogP contribution in [0.25, 0.3) is 25.8 Å². The van der Waals surface area contributed by atoms with Crippen molar-refractivity contribution in [2.24, 2.45) is 0 Å². The predicted molar refractivity (Wildman–Crippen MR) is 152 cm³/mol. The maximum atomic E-state index is 9.17. The van der Waals surface area contributed by atoms with Crippen LogP contribution in [-0.4, -0.2) is 0 Å². The molecule has 0 aliphatic carbocycles. The molecule has 5 heteroatoms. The number of thiophene rings is 2. The molecule has 0 saturated heterocycles. The first-order chi connectivity index (χ1) is 17.7. The molecule has 0 radical (unpaired) electrons. The summed E-state index contributed by atoms with van der Waals surface area (Å²) in [6, 6.07) is 41.7. The first kappa shape index (κ1) is 23.3. The van der Waals surface area contributed by atoms with Gasteiger partial charge in [-0.3, -0.25) is 0 Å². The van der Waals surface area contributed by atoms with Gasteiger partial charge in [-0.1, -0.05) is 48.5 Å². The van der Waals surface area contributed by atoms with Crippen LogP contribution in [-0.2, 0) is 0 Å². The highest BCUT2D eigenvalue weighted by Crippen LogP contribution is 2.41. The third-order valence-corrected chi connectivity index (χ3v) is 8.40. The molecule has 0 unspecified atom stereocenters. The van der Waals surface area contributed by atoms with Gasteiger partial charge < -0.3 is 4.90 Å². The van der Waals surface area contributed by atoms with Gasteiger partial charge in [-0.25, -0.2) is 0 Å². The number of rotatable bonds is 6. The molecular formula is C31H21N3S2. The Bertz CT molecular complexity index is 1540. The highest BCUT2D eigenvalue weighted by molar-refractivity contribution is 7.24. The number of allylic oxidation sites excluding steroid dienone is 2. The van der Waals surface area contributed by atoms with Crippen LogP contribution in [0.2, 0.25) is 0 Å². The molecule has 0 fully saturated rings. The van der Waals surface area contributed by atoms with Crippen molar-refractivity contribution >= 4 is 45.3 Å². The van der Waals surface area contributed by atoms with E-state index in [9.17, 15) is 0 Å². The van der Waals surface area contributed by atoms with Crippen LogP contribution >= 0.6 is 22.7 Å². The van der Waals surface area contributed by atoms with Gasteiger partial charge in [0.05, 0.1) is 0 Å². The van der Waals surface area contributed by atoms with Gasteiger partial charge in [0.15, 0.2) is 0 Å². The summed E-state index contributed by atoms with van der Waals surface area (Å²) in [5, 5.41) is 18.3. The van der Waals surface area contributed by atoms with Gasteiger partial charge in [-0.05, 0) is 78.7 Å². The molecule has 5 aromatic rings. The number of hydrogen-bond donors (Lipinski definition) is 0. The van der Waals surface area contributed by atoms with Crippen LogP contribution in [0.15, 0.2) is 115 Å². The Labute approximate surface area is 219 Å². The average Bonchev–Trinajstić information content (AvgIpc) is 3.62. The second kappa shape index (κ2) is 10.5. The molecule has 2 heterocycles. The van der Waals surface area contributed by atoms with Crippen LogP contribution in [0.3, 0.4) is 0 Å². The predicted octanol–water partition coefficient (Wildman–Crippen LogP) is 9.43. The van der Waals surface area contributed by atoms with Crippen molar-refractivity contribution in [1.82, 2.24) is 0 Å². The zero-order valence-corrected chi connectivity index (χ0v) is 21.2. The minimum absolute atomic E-state index is 0.162. The van der Waals surface area contributed by atoms with Crippen LogP contribution in [0.4, 0.5) is 17.1 Å². The lowest BCUT2D eigenvalue weighted by atomic mass is 10.1. The van der Waals surface area contributed by atoms with Crippen molar-refractivity contribution in [3.8, 4) is 32.3 Å². The minimum Gasteiger partial charge on any atom is -0.311 e. The van der Waals surface area contributed by atoms with Crippen molar-refractivity contribution in [1.29, 1.82) is 10.5 Å². The number of nitriles is 2. The quantitative estimate of drug-likeness (QED) is 0.219. The molecule has 0 spiro atoms. The van der Waals surface area contributed by atoms with Gasteiger partial charge >= 0.3 is 0 Å². The van der Waals surface area contributed by atoms with Gasteiger partial charge in [-0.15, -0.1) is 22.7 Å². The van der Waals surface area contributed by atoms with E-state index >= 15 is 0 Å². The molecule has 0 saturated carbocycles. The third kappa shape index (κ3) is 4.72. The number of nitrogens with zero attached hydrogens (tertiary/aromatic N) is 3. The fourth-order valence-corrected chi connectivity index (χ4v) is 6.10. The largest absolute Gasteiger partial charge is 0.311 e. The van der Waals surface area contributed by atoms with Gasteiger partial charge in [0, 0.05) is 36.6 Å². The lowest BCUT2D eigenvalue weighted by Crippen LogP contribution is -2.09. The van der Waals surface area contributed by atoms with E-state index in [-0.39, 0.29) is 5.57 Å². The second-order valence-corrected chi connectivity index (χ2v) is 10.3. The first-order valence-electron chi connectivity index (χ1n) is 11.4. The van der Waals surface area contributed by atoms with Gasteiger partial charge in [0.1, 0.15) is 17.7 Å². The van der Waals surface area contributed by atoms with Gasteiger partial charge in [-0.2, -0.15) is 10.5 Å². The molecular weight excluding hydrogens is 478 g/mol. The van der Waals surface area contributed by atoms with Crippen LogP contribution < -0.4 is 4.90 Å². The molecule has 0 N–H and O–H groups in total. The Kier molecular flexibility index (Phi) is 6.78. The van der Waals surface area contributed by atoms with E-state index in [0.29, 0.717) is 0 Å². The molecule has 0 amide bonds. The summed E-state index contributed by atoms with van der Waals surface area (Å²) in [6.07, 6.45) is 0. The normalized spacial score (nSPS) is 10.3. The van der Waals surface area contributed by atoms with Crippen LogP contribution in [0.1, 0.15) is 11.8 Å². The molecule has 3 nitrogen and oxygen atoms in total. The SMILES string of the molecule is CC(=C(C#N)C#N)c1ccc(-c2ccc(-c3ccc(N(c4ccccc4)c4ccccc4)cc3)s2)s1. The summed E-state index contributed by atoms with van der Waals surface area (Å²) in [4.78, 5) is 6.70. The summed E-state index contributed by atoms with van der Waals surface area (Å²) in [5.74, 6) is 0. The fraction of sp³-hybridized carbons (Fsp3) is 0.0323. The van der Waals surface area contributed by atoms with Crippen LogP contribution in [0, 0.1) is 22.7 Å². The first-order valence-corrected chi connectivity index (χ1v) is 13.0. The van der Waals surface area contributed by atoms with E-state index < -0.39 is 0 Å². The van der Waals surface area contributed by atoms with E-state index in [1.165, 1.54) is 15.3 Å². The Morgan fingerprint density at radius 3 is 1.67 bits per heavy atom. The highest BCUT2D eigenvalue weighted by atomic mass is 32.1. The molecule has 36 heavy (non-hydrogen) atoms. The summed E-state index contributed by atoms with van der Waals surface area (Å²) in [5.41, 5.74) is 5.39. The lowest BCUT2D eigenvalue weighted by Gasteiger charge is -2.25. The zero-order valence-electron chi connectivity index (χ0n) is 19.6. The van der Waals surface area contributed by atoms with Gasteiger partial charge in [0.2, 0.25) is 0 Å². The topological polar surface area (TPSA) is 50.8 Å². The van der Waals surface area contributed by atoms with Crippen LogP contribution in [0.5, 0.6) is 0 Å². The van der Waals surface area contributed by atoms with E-state index in [0.717, 1.165) is 32.4 Å². The fourth-order valence-electron chi connectivity index (χ4n) is 3.99. The van der Waals surface area contributed by atoms with Crippen molar-refractivity contribution < 1.29 is 0 Å². The summed E-state index contributed by atoms with van der Waals surface area (Å²) >= 11 is 3.35. The Hall–Kier alpha value is -4.42. The maximum absolute atomic E-state index is 9.17.